The normalized spacial score (nSPS) is 28.5. The second-order valence-corrected chi connectivity index (χ2v) is 10.3. The molecule has 0 unspecified atom stereocenters. The van der Waals surface area contributed by atoms with Crippen molar-refractivity contribution in [1.82, 2.24) is 4.90 Å². The Labute approximate surface area is 192 Å². The standard InChI is InChI=1S/C26H34N4S/c27-19-20-11-13-22(14-12-20)30-24(28-21-9-3-1-4-10-21)23(29-17-7-8-18-29)26(25(30)31)15-5-2-6-16-26/h11-14,21,23H,1-10,15-18H2/t23-/m0/s1. The van der Waals surface area contributed by atoms with Crippen LogP contribution in [0.5, 0.6) is 0 Å². The van der Waals surface area contributed by atoms with E-state index in [2.05, 4.69) is 28.0 Å². The van der Waals surface area contributed by atoms with Gasteiger partial charge in [0, 0.05) is 11.1 Å². The highest BCUT2D eigenvalue weighted by molar-refractivity contribution is 7.80. The van der Waals surface area contributed by atoms with E-state index in [9.17, 15) is 5.26 Å². The molecule has 2 saturated heterocycles. The smallest absolute Gasteiger partial charge is 0.127 e. The van der Waals surface area contributed by atoms with Crippen molar-refractivity contribution in [3.63, 3.8) is 0 Å². The summed E-state index contributed by atoms with van der Waals surface area (Å²) in [5.74, 6) is 1.21. The molecule has 2 aliphatic carbocycles. The molecule has 4 fully saturated rings. The van der Waals surface area contributed by atoms with Gasteiger partial charge in [0.2, 0.25) is 0 Å². The van der Waals surface area contributed by atoms with E-state index in [1.807, 2.05) is 12.1 Å². The van der Waals surface area contributed by atoms with Crippen molar-refractivity contribution < 1.29 is 0 Å². The van der Waals surface area contributed by atoms with E-state index in [0.29, 0.717) is 17.6 Å². The van der Waals surface area contributed by atoms with Gasteiger partial charge in [0.05, 0.1) is 28.7 Å². The highest BCUT2D eigenvalue weighted by Crippen LogP contribution is 2.50. The number of nitriles is 1. The lowest BCUT2D eigenvalue weighted by Crippen LogP contribution is -2.50. The minimum absolute atomic E-state index is 0.0410. The monoisotopic (exact) mass is 434 g/mol. The lowest BCUT2D eigenvalue weighted by atomic mass is 9.70. The molecule has 164 valence electrons. The number of hydrogen-bond donors (Lipinski definition) is 0. The van der Waals surface area contributed by atoms with Crippen LogP contribution in [0.15, 0.2) is 29.3 Å². The molecule has 0 N–H and O–H groups in total. The van der Waals surface area contributed by atoms with Crippen molar-refractivity contribution >= 4 is 28.7 Å². The van der Waals surface area contributed by atoms with Gasteiger partial charge in [-0.1, -0.05) is 50.7 Å². The number of thiocarbonyl (C=S) groups is 1. The van der Waals surface area contributed by atoms with Gasteiger partial charge in [-0.05, 0) is 75.9 Å². The summed E-state index contributed by atoms with van der Waals surface area (Å²) in [7, 11) is 0. The maximum atomic E-state index is 9.28. The molecule has 2 aliphatic heterocycles. The second kappa shape index (κ2) is 9.00. The summed E-state index contributed by atoms with van der Waals surface area (Å²) in [6.45, 7) is 2.33. The van der Waals surface area contributed by atoms with Gasteiger partial charge >= 0.3 is 0 Å². The van der Waals surface area contributed by atoms with Gasteiger partial charge < -0.3 is 0 Å². The molecule has 0 bridgehead atoms. The number of anilines is 1. The molecule has 1 spiro atoms. The molecule has 2 saturated carbocycles. The van der Waals surface area contributed by atoms with Gasteiger partial charge in [-0.15, -0.1) is 0 Å². The fourth-order valence-electron chi connectivity index (χ4n) is 6.46. The minimum Gasteiger partial charge on any atom is -0.293 e. The molecule has 4 aliphatic rings. The third kappa shape index (κ3) is 3.83. The molecule has 1 atom stereocenters. The SMILES string of the molecule is N#Cc1ccc(N2C(=S)C3(CCCCC3)[C@@H](N3CCCC3)C2=NC2CCCCC2)cc1. The van der Waals surface area contributed by atoms with E-state index < -0.39 is 0 Å². The van der Waals surface area contributed by atoms with Crippen LogP contribution < -0.4 is 4.90 Å². The highest BCUT2D eigenvalue weighted by Gasteiger charge is 2.57. The first-order chi connectivity index (χ1) is 15.2. The second-order valence-electron chi connectivity index (χ2n) is 9.94. The predicted molar refractivity (Wildman–Crippen MR) is 131 cm³/mol. The topological polar surface area (TPSA) is 42.6 Å². The van der Waals surface area contributed by atoms with Crippen LogP contribution in [0, 0.1) is 16.7 Å². The first-order valence-corrected chi connectivity index (χ1v) is 12.8. The molecule has 2 heterocycles. The molecule has 5 rings (SSSR count). The number of amidine groups is 1. The lowest BCUT2D eigenvalue weighted by molar-refractivity contribution is 0.154. The molecule has 31 heavy (non-hydrogen) atoms. The van der Waals surface area contributed by atoms with Crippen LogP contribution in [0.4, 0.5) is 5.69 Å². The third-order valence-electron chi connectivity index (χ3n) is 8.02. The van der Waals surface area contributed by atoms with Crippen molar-refractivity contribution in [2.24, 2.45) is 10.4 Å². The number of nitrogens with zero attached hydrogens (tertiary/aromatic N) is 4. The zero-order chi connectivity index (χ0) is 21.3. The number of aliphatic imine (C=N–C) groups is 1. The zero-order valence-electron chi connectivity index (χ0n) is 18.6. The summed E-state index contributed by atoms with van der Waals surface area (Å²) in [4.78, 5) is 11.6. The van der Waals surface area contributed by atoms with Gasteiger partial charge in [0.15, 0.2) is 0 Å². The van der Waals surface area contributed by atoms with Crippen molar-refractivity contribution in [3.05, 3.63) is 29.8 Å². The van der Waals surface area contributed by atoms with E-state index in [4.69, 9.17) is 17.2 Å². The third-order valence-corrected chi connectivity index (χ3v) is 8.61. The zero-order valence-corrected chi connectivity index (χ0v) is 19.4. The predicted octanol–water partition coefficient (Wildman–Crippen LogP) is 5.85. The number of benzene rings is 1. The van der Waals surface area contributed by atoms with E-state index >= 15 is 0 Å². The molecule has 0 aromatic heterocycles. The molecule has 5 heteroatoms. The summed E-state index contributed by atoms with van der Waals surface area (Å²) < 4.78 is 0. The molecular formula is C26H34N4S. The molecule has 0 amide bonds. The van der Waals surface area contributed by atoms with Gasteiger partial charge in [-0.25, -0.2) is 0 Å². The summed E-state index contributed by atoms with van der Waals surface area (Å²) in [6, 6.07) is 11.0. The van der Waals surface area contributed by atoms with E-state index in [1.165, 1.54) is 96.0 Å². The van der Waals surface area contributed by atoms with Crippen LogP contribution in [-0.2, 0) is 0 Å². The van der Waals surface area contributed by atoms with Gasteiger partial charge in [0.25, 0.3) is 0 Å². The van der Waals surface area contributed by atoms with E-state index in [0.717, 1.165) is 10.7 Å². The molecular weight excluding hydrogens is 400 g/mol. The Balaban J connectivity index is 1.62. The highest BCUT2D eigenvalue weighted by atomic mass is 32.1. The Bertz CT molecular complexity index is 866. The Morgan fingerprint density at radius 2 is 1.55 bits per heavy atom. The molecule has 1 aromatic rings. The fraction of sp³-hybridized carbons (Fsp3) is 0.654. The minimum atomic E-state index is 0.0410. The number of hydrogen-bond acceptors (Lipinski definition) is 4. The van der Waals surface area contributed by atoms with Crippen LogP contribution >= 0.6 is 12.2 Å². The molecule has 4 nitrogen and oxygen atoms in total. The number of rotatable bonds is 3. The maximum absolute atomic E-state index is 9.28. The lowest BCUT2D eigenvalue weighted by Gasteiger charge is -2.41. The van der Waals surface area contributed by atoms with Gasteiger partial charge in [0.1, 0.15) is 5.84 Å². The Kier molecular flexibility index (Phi) is 6.12. The average molecular weight is 435 g/mol. The van der Waals surface area contributed by atoms with Crippen LogP contribution in [0.1, 0.15) is 82.6 Å². The summed E-state index contributed by atoms with van der Waals surface area (Å²) in [5, 5.41) is 9.28. The summed E-state index contributed by atoms with van der Waals surface area (Å²) in [5.41, 5.74) is 1.83. The first-order valence-electron chi connectivity index (χ1n) is 12.4. The Morgan fingerprint density at radius 3 is 2.19 bits per heavy atom. The Hall–Kier alpha value is -1.77. The largest absolute Gasteiger partial charge is 0.293 e. The van der Waals surface area contributed by atoms with E-state index in [1.54, 1.807) is 0 Å². The van der Waals surface area contributed by atoms with Crippen molar-refractivity contribution in [1.29, 1.82) is 5.26 Å². The average Bonchev–Trinajstić information content (AvgIpc) is 3.41. The van der Waals surface area contributed by atoms with Crippen molar-refractivity contribution in [2.75, 3.05) is 18.0 Å². The quantitative estimate of drug-likeness (QED) is 0.560. The first kappa shape index (κ1) is 21.1. The van der Waals surface area contributed by atoms with Crippen molar-refractivity contribution in [2.45, 2.75) is 89.1 Å². The molecule has 0 radical (unpaired) electrons. The van der Waals surface area contributed by atoms with Crippen LogP contribution in [-0.4, -0.2) is 40.9 Å². The van der Waals surface area contributed by atoms with Crippen LogP contribution in [0.3, 0.4) is 0 Å². The summed E-state index contributed by atoms with van der Waals surface area (Å²) in [6.07, 6.45) is 15.1. The van der Waals surface area contributed by atoms with E-state index in [-0.39, 0.29) is 5.41 Å². The van der Waals surface area contributed by atoms with Gasteiger partial charge in [-0.3, -0.25) is 14.8 Å². The maximum Gasteiger partial charge on any atom is 0.127 e. The number of likely N-dealkylation sites (tertiary alicyclic amines) is 1. The van der Waals surface area contributed by atoms with Crippen LogP contribution in [0.25, 0.3) is 0 Å². The Morgan fingerprint density at radius 1 is 0.903 bits per heavy atom. The van der Waals surface area contributed by atoms with Gasteiger partial charge in [-0.2, -0.15) is 5.26 Å². The van der Waals surface area contributed by atoms with Crippen LogP contribution in [0.2, 0.25) is 0 Å². The summed E-state index contributed by atoms with van der Waals surface area (Å²) >= 11 is 6.33. The fourth-order valence-corrected chi connectivity index (χ4v) is 6.97. The van der Waals surface area contributed by atoms with Crippen molar-refractivity contribution in [3.8, 4) is 6.07 Å². The molecule has 1 aromatic carbocycles.